The fourth-order valence-electron chi connectivity index (χ4n) is 3.43. The van der Waals surface area contributed by atoms with Gasteiger partial charge in [0.25, 0.3) is 5.91 Å². The van der Waals surface area contributed by atoms with Crippen LogP contribution in [0.3, 0.4) is 0 Å². The van der Waals surface area contributed by atoms with Gasteiger partial charge in [-0.05, 0) is 45.2 Å². The van der Waals surface area contributed by atoms with Crippen molar-refractivity contribution in [3.8, 4) is 0 Å². The summed E-state index contributed by atoms with van der Waals surface area (Å²) < 4.78 is 15.5. The number of carbonyl (C=O) groups is 1. The first-order valence-corrected chi connectivity index (χ1v) is 8.18. The van der Waals surface area contributed by atoms with Gasteiger partial charge in [-0.3, -0.25) is 19.6 Å². The van der Waals surface area contributed by atoms with Gasteiger partial charge >= 0.3 is 5.69 Å². The highest BCUT2D eigenvalue weighted by Crippen LogP contribution is 2.35. The van der Waals surface area contributed by atoms with Crippen LogP contribution in [0.25, 0.3) is 0 Å². The van der Waals surface area contributed by atoms with Crippen LogP contribution in [0, 0.1) is 29.8 Å². The summed E-state index contributed by atoms with van der Waals surface area (Å²) in [7, 11) is 0. The number of nitrogens with zero attached hydrogens (tertiary/aromatic N) is 4. The second-order valence-corrected chi connectivity index (χ2v) is 6.11. The zero-order valence-electron chi connectivity index (χ0n) is 14.4. The Morgan fingerprint density at radius 1 is 1.40 bits per heavy atom. The van der Waals surface area contributed by atoms with Gasteiger partial charge in [0.05, 0.1) is 10.6 Å². The molecule has 0 saturated heterocycles. The molecule has 0 unspecified atom stereocenters. The Labute approximate surface area is 144 Å². The zero-order valence-corrected chi connectivity index (χ0v) is 14.4. The Hall–Kier alpha value is -2.77. The Morgan fingerprint density at radius 2 is 2.12 bits per heavy atom. The van der Waals surface area contributed by atoms with Crippen molar-refractivity contribution in [2.45, 2.75) is 40.2 Å². The summed E-state index contributed by atoms with van der Waals surface area (Å²) in [5.41, 5.74) is 1.64. The van der Waals surface area contributed by atoms with Crippen molar-refractivity contribution >= 4 is 17.3 Å². The number of aryl methyl sites for hydroxylation is 3. The normalized spacial score (nSPS) is 13.7. The van der Waals surface area contributed by atoms with E-state index in [-0.39, 0.29) is 22.9 Å². The first-order chi connectivity index (χ1) is 11.9. The van der Waals surface area contributed by atoms with Crippen molar-refractivity contribution in [3.05, 3.63) is 50.6 Å². The van der Waals surface area contributed by atoms with Crippen molar-refractivity contribution in [2.75, 3.05) is 11.4 Å². The minimum Gasteiger partial charge on any atom is -0.306 e. The lowest BCUT2D eigenvalue weighted by molar-refractivity contribution is -0.385. The van der Waals surface area contributed by atoms with Crippen LogP contribution in [-0.4, -0.2) is 27.2 Å². The average molecular weight is 346 g/mol. The van der Waals surface area contributed by atoms with Crippen LogP contribution in [0.15, 0.2) is 12.1 Å². The maximum atomic E-state index is 14.2. The van der Waals surface area contributed by atoms with E-state index in [9.17, 15) is 19.3 Å². The van der Waals surface area contributed by atoms with Gasteiger partial charge in [0.2, 0.25) is 5.69 Å². The van der Waals surface area contributed by atoms with E-state index in [2.05, 4.69) is 5.10 Å². The molecule has 8 heteroatoms. The molecule has 1 aromatic carbocycles. The molecular weight excluding hydrogens is 327 g/mol. The summed E-state index contributed by atoms with van der Waals surface area (Å²) in [5, 5.41) is 15.6. The highest BCUT2D eigenvalue weighted by atomic mass is 19.1. The number of carbonyl (C=O) groups excluding carboxylic acids is 1. The van der Waals surface area contributed by atoms with Crippen LogP contribution in [-0.2, 0) is 13.0 Å². The maximum absolute atomic E-state index is 14.2. The molecule has 1 aliphatic heterocycles. The number of nitro groups is 1. The van der Waals surface area contributed by atoms with Gasteiger partial charge in [-0.2, -0.15) is 5.10 Å². The van der Waals surface area contributed by atoms with Crippen LogP contribution >= 0.6 is 0 Å². The molecule has 0 aliphatic carbocycles. The fourth-order valence-corrected chi connectivity index (χ4v) is 3.43. The molecule has 0 bridgehead atoms. The molecule has 0 N–H and O–H groups in total. The second-order valence-electron chi connectivity index (χ2n) is 6.11. The van der Waals surface area contributed by atoms with Crippen LogP contribution in [0.2, 0.25) is 0 Å². The number of benzene rings is 1. The van der Waals surface area contributed by atoms with Gasteiger partial charge in [0, 0.05) is 18.7 Å². The summed E-state index contributed by atoms with van der Waals surface area (Å²) in [6.45, 7) is 5.80. The predicted octanol–water partition coefficient (Wildman–Crippen LogP) is 3.16. The molecule has 1 amide bonds. The summed E-state index contributed by atoms with van der Waals surface area (Å²) in [6, 6.07) is 3.02. The van der Waals surface area contributed by atoms with Gasteiger partial charge in [-0.25, -0.2) is 4.39 Å². The van der Waals surface area contributed by atoms with E-state index < -0.39 is 10.8 Å². The van der Waals surface area contributed by atoms with Crippen molar-refractivity contribution in [1.29, 1.82) is 0 Å². The van der Waals surface area contributed by atoms with E-state index >= 15 is 0 Å². The molecule has 1 aliphatic rings. The number of aromatic nitrogens is 2. The minimum atomic E-state index is -0.578. The standard InChI is InChI=1S/C17H19FN4O3/c1-4-21-16(15(22(24)25)11(3)19-21)17(23)20-9-5-6-12-13(18)8-7-10(2)14(12)20/h7-8H,4-6,9H2,1-3H3. The quantitative estimate of drug-likeness (QED) is 0.631. The Balaban J connectivity index is 2.17. The molecule has 0 fully saturated rings. The SMILES string of the molecule is CCn1nc(C)c([N+](=O)[O-])c1C(=O)N1CCCc2c(F)ccc(C)c21. The highest BCUT2D eigenvalue weighted by Gasteiger charge is 2.36. The van der Waals surface area contributed by atoms with E-state index in [4.69, 9.17) is 0 Å². The van der Waals surface area contributed by atoms with Crippen LogP contribution in [0.4, 0.5) is 15.8 Å². The third-order valence-electron chi connectivity index (χ3n) is 4.53. The van der Waals surface area contributed by atoms with Crippen molar-refractivity contribution in [3.63, 3.8) is 0 Å². The summed E-state index contributed by atoms with van der Waals surface area (Å²) in [4.78, 5) is 25.5. The molecule has 2 heterocycles. The van der Waals surface area contributed by atoms with Crippen molar-refractivity contribution in [1.82, 2.24) is 9.78 Å². The Morgan fingerprint density at radius 3 is 2.76 bits per heavy atom. The van der Waals surface area contributed by atoms with Gasteiger partial charge in [-0.1, -0.05) is 6.07 Å². The number of hydrogen-bond donors (Lipinski definition) is 0. The maximum Gasteiger partial charge on any atom is 0.322 e. The van der Waals surface area contributed by atoms with Gasteiger partial charge in [0.15, 0.2) is 0 Å². The second kappa shape index (κ2) is 6.27. The fraction of sp³-hybridized carbons (Fsp3) is 0.412. The number of rotatable bonds is 3. The van der Waals surface area contributed by atoms with Crippen LogP contribution < -0.4 is 4.90 Å². The number of hydrogen-bond acceptors (Lipinski definition) is 4. The van der Waals surface area contributed by atoms with Gasteiger partial charge < -0.3 is 4.90 Å². The van der Waals surface area contributed by atoms with Crippen LogP contribution in [0.1, 0.15) is 40.7 Å². The summed E-state index contributed by atoms with van der Waals surface area (Å²) in [5.74, 6) is -0.864. The predicted molar refractivity (Wildman–Crippen MR) is 90.4 cm³/mol. The number of amides is 1. The first-order valence-electron chi connectivity index (χ1n) is 8.18. The molecule has 0 saturated carbocycles. The molecule has 1 aromatic heterocycles. The first kappa shape index (κ1) is 17.1. The molecular formula is C17H19FN4O3. The lowest BCUT2D eigenvalue weighted by Gasteiger charge is -2.31. The van der Waals surface area contributed by atoms with E-state index in [0.717, 1.165) is 5.56 Å². The molecule has 7 nitrogen and oxygen atoms in total. The van der Waals surface area contributed by atoms with Crippen molar-refractivity contribution in [2.24, 2.45) is 0 Å². The topological polar surface area (TPSA) is 81.3 Å². The third kappa shape index (κ3) is 2.67. The average Bonchev–Trinajstić information content (AvgIpc) is 2.93. The lowest BCUT2D eigenvalue weighted by Crippen LogP contribution is -2.38. The van der Waals surface area contributed by atoms with Crippen LogP contribution in [0.5, 0.6) is 0 Å². The molecule has 0 radical (unpaired) electrons. The summed E-state index contributed by atoms with van der Waals surface area (Å²) in [6.07, 6.45) is 1.15. The Bertz CT molecular complexity index is 875. The van der Waals surface area contributed by atoms with Gasteiger partial charge in [-0.15, -0.1) is 0 Å². The summed E-state index contributed by atoms with van der Waals surface area (Å²) >= 11 is 0. The van der Waals surface area contributed by atoms with E-state index in [1.54, 1.807) is 19.9 Å². The molecule has 3 rings (SSSR count). The number of anilines is 1. The number of fused-ring (bicyclic) bond motifs is 1. The largest absolute Gasteiger partial charge is 0.322 e. The molecule has 0 spiro atoms. The number of halogens is 1. The van der Waals surface area contributed by atoms with Gasteiger partial charge in [0.1, 0.15) is 11.5 Å². The van der Waals surface area contributed by atoms with E-state index in [1.807, 2.05) is 0 Å². The molecule has 0 atom stereocenters. The molecule has 132 valence electrons. The third-order valence-corrected chi connectivity index (χ3v) is 4.53. The highest BCUT2D eigenvalue weighted by molar-refractivity contribution is 6.08. The minimum absolute atomic E-state index is 0.0542. The zero-order chi connectivity index (χ0) is 18.3. The van der Waals surface area contributed by atoms with E-state index in [0.29, 0.717) is 37.2 Å². The Kier molecular flexibility index (Phi) is 4.28. The monoisotopic (exact) mass is 346 g/mol. The van der Waals surface area contributed by atoms with E-state index in [1.165, 1.54) is 22.6 Å². The lowest BCUT2D eigenvalue weighted by atomic mass is 9.97. The molecule has 2 aromatic rings. The smallest absolute Gasteiger partial charge is 0.306 e. The molecule has 25 heavy (non-hydrogen) atoms. The van der Waals surface area contributed by atoms with Crippen molar-refractivity contribution < 1.29 is 14.1 Å².